The highest BCUT2D eigenvalue weighted by molar-refractivity contribution is 7.92. The molecule has 0 aromatic carbocycles. The highest BCUT2D eigenvalue weighted by Gasteiger charge is 2.49. The van der Waals surface area contributed by atoms with Crippen LogP contribution in [-0.4, -0.2) is 46.9 Å². The molecular weight excluding hydrogens is 278 g/mol. The van der Waals surface area contributed by atoms with Gasteiger partial charge in [-0.2, -0.15) is 4.31 Å². The molecule has 9 heteroatoms. The van der Waals surface area contributed by atoms with Gasteiger partial charge in [0.15, 0.2) is 0 Å². The molecule has 1 heterocycles. The highest BCUT2D eigenvalue weighted by Crippen LogP contribution is 2.24. The summed E-state index contributed by atoms with van der Waals surface area (Å²) in [7, 11) is -3.95. The number of carbonyl (C=O) groups excluding carboxylic acids is 2. The summed E-state index contributed by atoms with van der Waals surface area (Å²) in [6.07, 6.45) is 0. The van der Waals surface area contributed by atoms with E-state index in [-0.39, 0.29) is 4.99 Å². The van der Waals surface area contributed by atoms with Gasteiger partial charge < -0.3 is 5.73 Å². The van der Waals surface area contributed by atoms with Gasteiger partial charge in [-0.1, -0.05) is 12.2 Å². The molecular formula is C9H15N3O4S2. The molecule has 102 valence electrons. The second-order valence-electron chi connectivity index (χ2n) is 4.53. The third kappa shape index (κ3) is 2.38. The molecule has 18 heavy (non-hydrogen) atoms. The van der Waals surface area contributed by atoms with E-state index in [1.807, 2.05) is 0 Å². The summed E-state index contributed by atoms with van der Waals surface area (Å²) in [5.41, 5.74) is 3.97. The number of hydrogen-bond acceptors (Lipinski definition) is 5. The Morgan fingerprint density at radius 1 is 1.50 bits per heavy atom. The van der Waals surface area contributed by atoms with Crippen molar-refractivity contribution in [2.45, 2.75) is 31.6 Å². The summed E-state index contributed by atoms with van der Waals surface area (Å²) in [6.45, 7) is 3.73. The Bertz CT molecular complexity index is 512. The Balaban J connectivity index is 3.25. The summed E-state index contributed by atoms with van der Waals surface area (Å²) >= 11 is 4.66. The number of hydrogen-bond donors (Lipinski definition) is 2. The van der Waals surface area contributed by atoms with Crippen LogP contribution in [0.3, 0.4) is 0 Å². The summed E-state index contributed by atoms with van der Waals surface area (Å²) in [5, 5.41) is 0.958. The molecule has 0 spiro atoms. The maximum absolute atomic E-state index is 12.3. The molecule has 0 aliphatic carbocycles. The molecule has 3 N–H and O–H groups in total. The first-order chi connectivity index (χ1) is 8.01. The van der Waals surface area contributed by atoms with Crippen molar-refractivity contribution in [1.29, 1.82) is 0 Å². The van der Waals surface area contributed by atoms with Gasteiger partial charge in [-0.25, -0.2) is 8.42 Å². The Labute approximate surface area is 111 Å². The predicted octanol–water partition coefficient (Wildman–Crippen LogP) is -1.27. The molecule has 0 aromatic heterocycles. The SMILES string of the molecule is CC(C(N)=S)S(=O)(=O)N1CC(=O)NC(=O)C1(C)C. The van der Waals surface area contributed by atoms with E-state index >= 15 is 0 Å². The lowest BCUT2D eigenvalue weighted by atomic mass is 10.0. The molecule has 1 saturated heterocycles. The number of amides is 2. The predicted molar refractivity (Wildman–Crippen MR) is 69.1 cm³/mol. The highest BCUT2D eigenvalue weighted by atomic mass is 32.2. The second kappa shape index (κ2) is 4.56. The lowest BCUT2D eigenvalue weighted by Crippen LogP contribution is -2.66. The number of imide groups is 1. The van der Waals surface area contributed by atoms with Crippen molar-refractivity contribution in [1.82, 2.24) is 9.62 Å². The fraction of sp³-hybridized carbons (Fsp3) is 0.667. The molecule has 2 amide bonds. The van der Waals surface area contributed by atoms with Crippen LogP contribution in [0.25, 0.3) is 0 Å². The minimum Gasteiger partial charge on any atom is -0.392 e. The number of nitrogens with one attached hydrogen (secondary N) is 1. The normalized spacial score (nSPS) is 22.4. The smallest absolute Gasteiger partial charge is 0.247 e. The summed E-state index contributed by atoms with van der Waals surface area (Å²) in [5.74, 6) is -1.34. The maximum Gasteiger partial charge on any atom is 0.247 e. The Morgan fingerprint density at radius 3 is 2.44 bits per heavy atom. The number of nitrogens with zero attached hydrogens (tertiary/aromatic N) is 1. The van der Waals surface area contributed by atoms with Gasteiger partial charge in [0.05, 0.1) is 11.5 Å². The van der Waals surface area contributed by atoms with Gasteiger partial charge in [0.25, 0.3) is 0 Å². The standard InChI is InChI=1S/C9H15N3O4S2/c1-5(7(10)17)18(15,16)12-4-6(13)11-8(14)9(12,2)3/h5H,4H2,1-3H3,(H2,10,17)(H,11,13,14). The van der Waals surface area contributed by atoms with E-state index in [0.717, 1.165) is 4.31 Å². The summed E-state index contributed by atoms with van der Waals surface area (Å²) in [6, 6.07) is 0. The zero-order valence-corrected chi connectivity index (χ0v) is 11.9. The van der Waals surface area contributed by atoms with Crippen molar-refractivity contribution < 1.29 is 18.0 Å². The molecule has 7 nitrogen and oxygen atoms in total. The molecule has 1 fully saturated rings. The van der Waals surface area contributed by atoms with Crippen molar-refractivity contribution >= 4 is 39.0 Å². The Kier molecular flexibility index (Phi) is 3.80. The molecule has 1 rings (SSSR count). The average molecular weight is 293 g/mol. The Hall–Kier alpha value is -1.06. The minimum atomic E-state index is -3.95. The van der Waals surface area contributed by atoms with Gasteiger partial charge in [-0.3, -0.25) is 14.9 Å². The zero-order chi connectivity index (χ0) is 14.3. The molecule has 0 bridgehead atoms. The van der Waals surface area contributed by atoms with Crippen LogP contribution >= 0.6 is 12.2 Å². The number of carbonyl (C=O) groups is 2. The van der Waals surface area contributed by atoms with E-state index in [2.05, 4.69) is 17.5 Å². The zero-order valence-electron chi connectivity index (χ0n) is 10.3. The first-order valence-corrected chi connectivity index (χ1v) is 7.07. The topological polar surface area (TPSA) is 110 Å². The minimum absolute atomic E-state index is 0.204. The van der Waals surface area contributed by atoms with E-state index in [1.165, 1.54) is 20.8 Å². The van der Waals surface area contributed by atoms with Crippen LogP contribution in [-0.2, 0) is 19.6 Å². The first-order valence-electron chi connectivity index (χ1n) is 5.16. The van der Waals surface area contributed by atoms with E-state index in [4.69, 9.17) is 5.73 Å². The average Bonchev–Trinajstić information content (AvgIpc) is 2.22. The second-order valence-corrected chi connectivity index (χ2v) is 7.18. The van der Waals surface area contributed by atoms with Crippen LogP contribution < -0.4 is 11.1 Å². The molecule has 1 aliphatic rings. The van der Waals surface area contributed by atoms with Crippen molar-refractivity contribution in [2.75, 3.05) is 6.54 Å². The van der Waals surface area contributed by atoms with Crippen molar-refractivity contribution in [3.05, 3.63) is 0 Å². The van der Waals surface area contributed by atoms with Gasteiger partial charge in [-0.05, 0) is 20.8 Å². The van der Waals surface area contributed by atoms with Crippen LogP contribution in [0.5, 0.6) is 0 Å². The van der Waals surface area contributed by atoms with Crippen LogP contribution in [0.2, 0.25) is 0 Å². The van der Waals surface area contributed by atoms with Crippen LogP contribution in [0.15, 0.2) is 0 Å². The number of piperazine rings is 1. The summed E-state index contributed by atoms with van der Waals surface area (Å²) < 4.78 is 25.4. The van der Waals surface area contributed by atoms with Gasteiger partial charge >= 0.3 is 0 Å². The van der Waals surface area contributed by atoms with Crippen molar-refractivity contribution in [3.8, 4) is 0 Å². The molecule has 1 aliphatic heterocycles. The van der Waals surface area contributed by atoms with Gasteiger partial charge in [-0.15, -0.1) is 0 Å². The van der Waals surface area contributed by atoms with Gasteiger partial charge in [0, 0.05) is 0 Å². The number of nitrogens with two attached hydrogens (primary N) is 1. The van der Waals surface area contributed by atoms with E-state index < -0.39 is 39.2 Å². The first kappa shape index (κ1) is 15.0. The largest absolute Gasteiger partial charge is 0.392 e. The molecule has 0 radical (unpaired) electrons. The quantitative estimate of drug-likeness (QED) is 0.496. The van der Waals surface area contributed by atoms with Gasteiger partial charge in [0.2, 0.25) is 21.8 Å². The summed E-state index contributed by atoms with van der Waals surface area (Å²) in [4.78, 5) is 22.8. The van der Waals surface area contributed by atoms with E-state index in [0.29, 0.717) is 0 Å². The third-order valence-corrected chi connectivity index (χ3v) is 5.72. The van der Waals surface area contributed by atoms with Crippen LogP contribution in [0, 0.1) is 0 Å². The van der Waals surface area contributed by atoms with Crippen molar-refractivity contribution in [3.63, 3.8) is 0 Å². The van der Waals surface area contributed by atoms with Crippen molar-refractivity contribution in [2.24, 2.45) is 5.73 Å². The monoisotopic (exact) mass is 293 g/mol. The van der Waals surface area contributed by atoms with E-state index in [9.17, 15) is 18.0 Å². The van der Waals surface area contributed by atoms with Crippen LogP contribution in [0.1, 0.15) is 20.8 Å². The number of sulfonamides is 1. The fourth-order valence-electron chi connectivity index (χ4n) is 1.51. The third-order valence-electron chi connectivity index (χ3n) is 2.87. The number of rotatable bonds is 3. The fourth-order valence-corrected chi connectivity index (χ4v) is 3.56. The van der Waals surface area contributed by atoms with Gasteiger partial charge in [0.1, 0.15) is 10.8 Å². The molecule has 1 unspecified atom stereocenters. The lowest BCUT2D eigenvalue weighted by Gasteiger charge is -2.40. The van der Waals surface area contributed by atoms with E-state index in [1.54, 1.807) is 0 Å². The number of thiocarbonyl (C=S) groups is 1. The molecule has 0 saturated carbocycles. The van der Waals surface area contributed by atoms with Crippen LogP contribution in [0.4, 0.5) is 0 Å². The Morgan fingerprint density at radius 2 is 2.00 bits per heavy atom. The lowest BCUT2D eigenvalue weighted by molar-refractivity contribution is -0.141. The maximum atomic E-state index is 12.3. The molecule has 1 atom stereocenters. The molecule has 0 aromatic rings.